The van der Waals surface area contributed by atoms with Crippen molar-refractivity contribution >= 4 is 29.4 Å². The maximum Gasteiger partial charge on any atom is 0.326 e. The van der Waals surface area contributed by atoms with Gasteiger partial charge in [0.1, 0.15) is 17.9 Å². The highest BCUT2D eigenvalue weighted by Gasteiger charge is 2.27. The second-order valence-electron chi connectivity index (χ2n) is 9.65. The third kappa shape index (κ3) is 7.18. The fourth-order valence-electron chi connectivity index (χ4n) is 4.11. The SMILES string of the molecule is CC(=O)NC1=Nc2cc(OCCC(C(N)=O)N3CCCC3)ccc2CN1CC(=O)OC(C)(C)C. The van der Waals surface area contributed by atoms with Crippen LogP contribution in [0.4, 0.5) is 5.69 Å². The van der Waals surface area contributed by atoms with Gasteiger partial charge in [-0.2, -0.15) is 0 Å². The standard InChI is InChI=1S/C24H35N5O5/c1-16(30)26-23-27-19-13-18(33-12-9-20(22(25)32)28-10-5-6-11-28)8-7-17(19)14-29(23)15-21(31)34-24(2,3)4/h7-8,13,20H,5-6,9-12,14-15H2,1-4H3,(H2,25,32)(H,26,27,30). The maximum absolute atomic E-state index is 12.4. The molecule has 10 nitrogen and oxygen atoms in total. The smallest absolute Gasteiger partial charge is 0.326 e. The van der Waals surface area contributed by atoms with E-state index in [9.17, 15) is 14.4 Å². The van der Waals surface area contributed by atoms with Crippen LogP contribution in [0.2, 0.25) is 0 Å². The first-order chi connectivity index (χ1) is 16.0. The first-order valence-electron chi connectivity index (χ1n) is 11.6. The fourth-order valence-corrected chi connectivity index (χ4v) is 4.11. The Morgan fingerprint density at radius 1 is 1.21 bits per heavy atom. The number of carbonyl (C=O) groups is 3. The summed E-state index contributed by atoms with van der Waals surface area (Å²) in [6, 6.07) is 5.17. The van der Waals surface area contributed by atoms with Crippen molar-refractivity contribution in [3.63, 3.8) is 0 Å². The van der Waals surface area contributed by atoms with Gasteiger partial charge in [-0.05, 0) is 58.3 Å². The molecule has 2 aliphatic rings. The molecule has 2 amide bonds. The van der Waals surface area contributed by atoms with Crippen LogP contribution in [0, 0.1) is 0 Å². The second-order valence-corrected chi connectivity index (χ2v) is 9.65. The van der Waals surface area contributed by atoms with Gasteiger partial charge >= 0.3 is 5.97 Å². The summed E-state index contributed by atoms with van der Waals surface area (Å²) in [4.78, 5) is 44.3. The second kappa shape index (κ2) is 10.9. The Balaban J connectivity index is 1.67. The molecular formula is C24H35N5O5. The lowest BCUT2D eigenvalue weighted by atomic mass is 10.1. The minimum Gasteiger partial charge on any atom is -0.493 e. The van der Waals surface area contributed by atoms with Crippen molar-refractivity contribution in [3.8, 4) is 5.75 Å². The van der Waals surface area contributed by atoms with Crippen molar-refractivity contribution in [2.75, 3.05) is 26.2 Å². The number of aliphatic imine (C=N–C) groups is 1. The molecule has 0 saturated carbocycles. The number of primary amides is 1. The molecule has 2 heterocycles. The van der Waals surface area contributed by atoms with Gasteiger partial charge in [-0.15, -0.1) is 0 Å². The molecule has 1 atom stereocenters. The summed E-state index contributed by atoms with van der Waals surface area (Å²) >= 11 is 0. The van der Waals surface area contributed by atoms with Crippen LogP contribution < -0.4 is 15.8 Å². The monoisotopic (exact) mass is 473 g/mol. The van der Waals surface area contributed by atoms with Crippen molar-refractivity contribution < 1.29 is 23.9 Å². The summed E-state index contributed by atoms with van der Waals surface area (Å²) in [6.45, 7) is 9.24. The molecule has 1 aromatic rings. The van der Waals surface area contributed by atoms with Gasteiger partial charge in [0.05, 0.1) is 18.3 Å². The van der Waals surface area contributed by atoms with Crippen molar-refractivity contribution in [1.29, 1.82) is 0 Å². The van der Waals surface area contributed by atoms with E-state index in [1.165, 1.54) is 6.92 Å². The molecule has 3 rings (SSSR count). The zero-order valence-electron chi connectivity index (χ0n) is 20.4. The number of rotatable bonds is 8. The minimum atomic E-state index is -0.607. The lowest BCUT2D eigenvalue weighted by Gasteiger charge is -2.30. The van der Waals surface area contributed by atoms with Gasteiger partial charge in [-0.3, -0.25) is 24.6 Å². The van der Waals surface area contributed by atoms with E-state index in [4.69, 9.17) is 15.2 Å². The molecule has 0 bridgehead atoms. The number of carbonyl (C=O) groups excluding carboxylic acids is 3. The number of hydrogen-bond acceptors (Lipinski definition) is 8. The van der Waals surface area contributed by atoms with E-state index in [0.717, 1.165) is 31.5 Å². The average Bonchev–Trinajstić information content (AvgIpc) is 3.24. The third-order valence-electron chi connectivity index (χ3n) is 5.54. The molecule has 2 aliphatic heterocycles. The summed E-state index contributed by atoms with van der Waals surface area (Å²) in [5, 5.41) is 2.69. The van der Waals surface area contributed by atoms with Crippen molar-refractivity contribution in [2.45, 2.75) is 65.1 Å². The van der Waals surface area contributed by atoms with Crippen LogP contribution in [-0.2, 0) is 25.7 Å². The molecule has 3 N–H and O–H groups in total. The normalized spacial score (nSPS) is 16.9. The van der Waals surface area contributed by atoms with Crippen LogP contribution in [0.15, 0.2) is 23.2 Å². The summed E-state index contributed by atoms with van der Waals surface area (Å²) < 4.78 is 11.3. The van der Waals surface area contributed by atoms with E-state index in [-0.39, 0.29) is 30.4 Å². The number of esters is 1. The highest BCUT2D eigenvalue weighted by molar-refractivity contribution is 5.99. The molecule has 0 radical (unpaired) electrons. The van der Waals surface area contributed by atoms with Crippen LogP contribution >= 0.6 is 0 Å². The molecule has 10 heteroatoms. The number of nitrogens with two attached hydrogens (primary N) is 1. The molecule has 1 fully saturated rings. The van der Waals surface area contributed by atoms with Crippen LogP contribution in [0.3, 0.4) is 0 Å². The number of fused-ring (bicyclic) bond motifs is 1. The molecule has 34 heavy (non-hydrogen) atoms. The molecule has 1 aromatic carbocycles. The van der Waals surface area contributed by atoms with Crippen molar-refractivity contribution in [3.05, 3.63) is 23.8 Å². The molecule has 1 saturated heterocycles. The number of nitrogens with zero attached hydrogens (tertiary/aromatic N) is 3. The average molecular weight is 474 g/mol. The van der Waals surface area contributed by atoms with Gasteiger partial charge in [0.25, 0.3) is 0 Å². The van der Waals surface area contributed by atoms with Crippen LogP contribution in [0.25, 0.3) is 0 Å². The number of ether oxygens (including phenoxy) is 2. The number of hydrogen-bond donors (Lipinski definition) is 2. The zero-order chi connectivity index (χ0) is 24.9. The van der Waals surface area contributed by atoms with E-state index in [1.54, 1.807) is 31.7 Å². The Labute approximate surface area is 200 Å². The van der Waals surface area contributed by atoms with Gasteiger partial charge in [0.2, 0.25) is 17.8 Å². The van der Waals surface area contributed by atoms with E-state index < -0.39 is 11.6 Å². The summed E-state index contributed by atoms with van der Waals surface area (Å²) in [5.74, 6) is -0.134. The Bertz CT molecular complexity index is 950. The fraction of sp³-hybridized carbons (Fsp3) is 0.583. The topological polar surface area (TPSA) is 127 Å². The van der Waals surface area contributed by atoms with E-state index in [1.807, 2.05) is 12.1 Å². The molecule has 0 aromatic heterocycles. The molecular weight excluding hydrogens is 438 g/mol. The molecule has 186 valence electrons. The lowest BCUT2D eigenvalue weighted by Crippen LogP contribution is -2.47. The highest BCUT2D eigenvalue weighted by Crippen LogP contribution is 2.30. The van der Waals surface area contributed by atoms with Crippen molar-refractivity contribution in [2.24, 2.45) is 10.7 Å². The van der Waals surface area contributed by atoms with Crippen LogP contribution in [0.1, 0.15) is 52.5 Å². The first kappa shape index (κ1) is 25.5. The Hall–Kier alpha value is -3.14. The molecule has 1 unspecified atom stereocenters. The van der Waals surface area contributed by atoms with Gasteiger partial charge in [-0.1, -0.05) is 6.07 Å². The number of likely N-dealkylation sites (tertiary alicyclic amines) is 1. The predicted octanol–water partition coefficient (Wildman–Crippen LogP) is 1.69. The number of nitrogens with one attached hydrogen (secondary N) is 1. The summed E-state index contributed by atoms with van der Waals surface area (Å²) in [6.07, 6.45) is 2.67. The van der Waals surface area contributed by atoms with Gasteiger partial charge in [0.15, 0.2) is 0 Å². The predicted molar refractivity (Wildman–Crippen MR) is 128 cm³/mol. The van der Waals surface area contributed by atoms with Crippen molar-refractivity contribution in [1.82, 2.24) is 15.1 Å². The quantitative estimate of drug-likeness (QED) is 0.550. The number of benzene rings is 1. The van der Waals surface area contributed by atoms with E-state index >= 15 is 0 Å². The van der Waals surface area contributed by atoms with Gasteiger partial charge in [0, 0.05) is 26.0 Å². The summed E-state index contributed by atoms with van der Waals surface area (Å²) in [5.41, 5.74) is 6.52. The maximum atomic E-state index is 12.4. The van der Waals surface area contributed by atoms with E-state index in [2.05, 4.69) is 15.2 Å². The minimum absolute atomic E-state index is 0.0426. The lowest BCUT2D eigenvalue weighted by molar-refractivity contribution is -0.155. The molecule has 0 spiro atoms. The number of amides is 2. The summed E-state index contributed by atoms with van der Waals surface area (Å²) in [7, 11) is 0. The van der Waals surface area contributed by atoms with Crippen LogP contribution in [-0.4, -0.2) is 71.4 Å². The first-order valence-corrected chi connectivity index (χ1v) is 11.6. The molecule has 0 aliphatic carbocycles. The Morgan fingerprint density at radius 3 is 2.53 bits per heavy atom. The van der Waals surface area contributed by atoms with Gasteiger partial charge < -0.3 is 20.1 Å². The Morgan fingerprint density at radius 2 is 1.91 bits per heavy atom. The highest BCUT2D eigenvalue weighted by atomic mass is 16.6. The largest absolute Gasteiger partial charge is 0.493 e. The Kier molecular flexibility index (Phi) is 8.14. The van der Waals surface area contributed by atoms with E-state index in [0.29, 0.717) is 31.0 Å². The number of guanidine groups is 1. The van der Waals surface area contributed by atoms with Gasteiger partial charge in [-0.25, -0.2) is 4.99 Å². The third-order valence-corrected chi connectivity index (χ3v) is 5.54. The van der Waals surface area contributed by atoms with Crippen LogP contribution in [0.5, 0.6) is 5.75 Å². The zero-order valence-corrected chi connectivity index (χ0v) is 20.4.